The highest BCUT2D eigenvalue weighted by Crippen LogP contribution is 2.35. The lowest BCUT2D eigenvalue weighted by Gasteiger charge is -2.15. The van der Waals surface area contributed by atoms with E-state index in [1.165, 1.54) is 0 Å². The van der Waals surface area contributed by atoms with E-state index in [0.717, 1.165) is 11.3 Å². The van der Waals surface area contributed by atoms with Crippen molar-refractivity contribution in [1.82, 2.24) is 0 Å². The van der Waals surface area contributed by atoms with Crippen molar-refractivity contribution in [2.45, 2.75) is 26.5 Å². The minimum absolute atomic E-state index is 0.00634. The van der Waals surface area contributed by atoms with Crippen LogP contribution in [-0.2, 0) is 6.54 Å². The number of anilines is 1. The second-order valence-electron chi connectivity index (χ2n) is 5.03. The zero-order valence-corrected chi connectivity index (χ0v) is 15.1. The number of benzene rings is 2. The zero-order chi connectivity index (χ0) is 16.3. The fraction of sp³-hybridized carbons (Fsp3) is 0.250. The Morgan fingerprint density at radius 3 is 2.14 bits per heavy atom. The minimum Gasteiger partial charge on any atom is -0.488 e. The molecule has 0 bridgehead atoms. The average Bonchev–Trinajstić information content (AvgIpc) is 2.41. The third-order valence-electron chi connectivity index (χ3n) is 2.83. The van der Waals surface area contributed by atoms with E-state index in [-0.39, 0.29) is 6.10 Å². The standard InChI is InChI=1S/C16H15Cl4NO/c1-9(2)22-16-13(19)5-10(6-14(16)20)8-21-15-4-3-11(17)7-12(15)18/h3-7,9,21H,8H2,1-2H3. The molecule has 0 amide bonds. The fourth-order valence-corrected chi connectivity index (χ4v) is 2.99. The van der Waals surface area contributed by atoms with Gasteiger partial charge in [-0.1, -0.05) is 46.4 Å². The van der Waals surface area contributed by atoms with Gasteiger partial charge >= 0.3 is 0 Å². The molecule has 0 aliphatic heterocycles. The van der Waals surface area contributed by atoms with Crippen molar-refractivity contribution in [3.05, 3.63) is 56.0 Å². The molecule has 0 fully saturated rings. The van der Waals surface area contributed by atoms with Gasteiger partial charge < -0.3 is 10.1 Å². The molecule has 0 aliphatic rings. The van der Waals surface area contributed by atoms with Crippen LogP contribution in [0, 0.1) is 0 Å². The normalized spacial score (nSPS) is 10.9. The maximum Gasteiger partial charge on any atom is 0.156 e. The summed E-state index contributed by atoms with van der Waals surface area (Å²) < 4.78 is 5.61. The molecule has 2 rings (SSSR count). The zero-order valence-electron chi connectivity index (χ0n) is 12.1. The van der Waals surface area contributed by atoms with Gasteiger partial charge in [0.05, 0.1) is 26.9 Å². The number of halogens is 4. The molecule has 2 nitrogen and oxygen atoms in total. The van der Waals surface area contributed by atoms with E-state index in [1.807, 2.05) is 32.0 Å². The quantitative estimate of drug-likeness (QED) is 0.624. The maximum absolute atomic E-state index is 6.23. The molecule has 2 aromatic carbocycles. The molecule has 0 radical (unpaired) electrons. The molecule has 0 spiro atoms. The third kappa shape index (κ3) is 4.60. The summed E-state index contributed by atoms with van der Waals surface area (Å²) in [5.41, 5.74) is 1.72. The Morgan fingerprint density at radius 2 is 1.59 bits per heavy atom. The minimum atomic E-state index is 0.00634. The molecule has 0 saturated heterocycles. The smallest absolute Gasteiger partial charge is 0.156 e. The van der Waals surface area contributed by atoms with Crippen LogP contribution in [0.2, 0.25) is 20.1 Å². The highest BCUT2D eigenvalue weighted by atomic mass is 35.5. The summed E-state index contributed by atoms with van der Waals surface area (Å²) in [6, 6.07) is 8.92. The number of ether oxygens (including phenoxy) is 1. The second-order valence-corrected chi connectivity index (χ2v) is 6.69. The summed E-state index contributed by atoms with van der Waals surface area (Å²) in [6.07, 6.45) is 0.00634. The van der Waals surface area contributed by atoms with Crippen LogP contribution in [0.5, 0.6) is 5.75 Å². The topological polar surface area (TPSA) is 21.3 Å². The summed E-state index contributed by atoms with van der Waals surface area (Å²) >= 11 is 24.5. The maximum atomic E-state index is 6.23. The van der Waals surface area contributed by atoms with Gasteiger partial charge in [0.25, 0.3) is 0 Å². The molecule has 0 heterocycles. The molecule has 2 aromatic rings. The predicted octanol–water partition coefficient (Wildman–Crippen LogP) is 6.70. The van der Waals surface area contributed by atoms with Gasteiger partial charge in [-0.2, -0.15) is 0 Å². The van der Waals surface area contributed by atoms with Crippen LogP contribution in [0.15, 0.2) is 30.3 Å². The molecule has 0 atom stereocenters. The molecule has 22 heavy (non-hydrogen) atoms. The van der Waals surface area contributed by atoms with Crippen molar-refractivity contribution in [2.75, 3.05) is 5.32 Å². The fourth-order valence-electron chi connectivity index (χ4n) is 1.89. The summed E-state index contributed by atoms with van der Waals surface area (Å²) in [6.45, 7) is 4.37. The second kappa shape index (κ2) is 7.65. The van der Waals surface area contributed by atoms with Gasteiger partial charge in [0.1, 0.15) is 0 Å². The Bertz CT molecular complexity index is 650. The van der Waals surface area contributed by atoms with Crippen LogP contribution in [0.3, 0.4) is 0 Å². The SMILES string of the molecule is CC(C)Oc1c(Cl)cc(CNc2ccc(Cl)cc2Cl)cc1Cl. The Hall–Kier alpha value is -0.800. The van der Waals surface area contributed by atoms with Crippen molar-refractivity contribution in [1.29, 1.82) is 0 Å². The number of rotatable bonds is 5. The molecule has 6 heteroatoms. The van der Waals surface area contributed by atoms with Crippen LogP contribution in [0.1, 0.15) is 19.4 Å². The highest BCUT2D eigenvalue weighted by molar-refractivity contribution is 6.37. The molecule has 0 aromatic heterocycles. The molecule has 118 valence electrons. The van der Waals surface area contributed by atoms with E-state index in [4.69, 9.17) is 51.1 Å². The number of hydrogen-bond donors (Lipinski definition) is 1. The lowest BCUT2D eigenvalue weighted by atomic mass is 10.2. The molecule has 0 saturated carbocycles. The number of nitrogens with one attached hydrogen (secondary N) is 1. The largest absolute Gasteiger partial charge is 0.488 e. The van der Waals surface area contributed by atoms with E-state index in [1.54, 1.807) is 12.1 Å². The van der Waals surface area contributed by atoms with Gasteiger partial charge in [0, 0.05) is 11.6 Å². The van der Waals surface area contributed by atoms with Crippen molar-refractivity contribution in [2.24, 2.45) is 0 Å². The van der Waals surface area contributed by atoms with Crippen LogP contribution in [0.25, 0.3) is 0 Å². The van der Waals surface area contributed by atoms with Crippen molar-refractivity contribution >= 4 is 52.1 Å². The molecular weight excluding hydrogens is 364 g/mol. The van der Waals surface area contributed by atoms with Gasteiger partial charge in [-0.25, -0.2) is 0 Å². The van der Waals surface area contributed by atoms with Gasteiger partial charge in [0.2, 0.25) is 0 Å². The molecule has 0 aliphatic carbocycles. The first-order valence-corrected chi connectivity index (χ1v) is 8.21. The van der Waals surface area contributed by atoms with Gasteiger partial charge in [-0.05, 0) is 49.7 Å². The van der Waals surface area contributed by atoms with Crippen LogP contribution >= 0.6 is 46.4 Å². The Kier molecular flexibility index (Phi) is 6.10. The van der Waals surface area contributed by atoms with E-state index >= 15 is 0 Å². The summed E-state index contributed by atoms with van der Waals surface area (Å²) in [5.74, 6) is 0.506. The molecule has 1 N–H and O–H groups in total. The van der Waals surface area contributed by atoms with Crippen molar-refractivity contribution in [3.63, 3.8) is 0 Å². The first-order chi connectivity index (χ1) is 10.4. The van der Waals surface area contributed by atoms with E-state index in [0.29, 0.717) is 32.4 Å². The molecule has 0 unspecified atom stereocenters. The molecular formula is C16H15Cl4NO. The van der Waals surface area contributed by atoms with Crippen molar-refractivity contribution < 1.29 is 4.74 Å². The monoisotopic (exact) mass is 377 g/mol. The van der Waals surface area contributed by atoms with Gasteiger partial charge in [0.15, 0.2) is 5.75 Å². The van der Waals surface area contributed by atoms with Crippen molar-refractivity contribution in [3.8, 4) is 5.75 Å². The van der Waals surface area contributed by atoms with Gasteiger partial charge in [-0.3, -0.25) is 0 Å². The lowest BCUT2D eigenvalue weighted by Crippen LogP contribution is -2.07. The summed E-state index contributed by atoms with van der Waals surface area (Å²) in [7, 11) is 0. The van der Waals surface area contributed by atoms with Crippen LogP contribution in [0.4, 0.5) is 5.69 Å². The third-order valence-corrected chi connectivity index (χ3v) is 3.94. The lowest BCUT2D eigenvalue weighted by molar-refractivity contribution is 0.242. The Labute approximate surface area is 150 Å². The van der Waals surface area contributed by atoms with Crippen LogP contribution < -0.4 is 10.1 Å². The number of hydrogen-bond acceptors (Lipinski definition) is 2. The summed E-state index contributed by atoms with van der Waals surface area (Å²) in [4.78, 5) is 0. The Morgan fingerprint density at radius 1 is 0.955 bits per heavy atom. The Balaban J connectivity index is 2.13. The highest BCUT2D eigenvalue weighted by Gasteiger charge is 2.11. The first-order valence-electron chi connectivity index (χ1n) is 6.70. The first kappa shape index (κ1) is 17.6. The van der Waals surface area contributed by atoms with Gasteiger partial charge in [-0.15, -0.1) is 0 Å². The predicted molar refractivity (Wildman–Crippen MR) is 96.0 cm³/mol. The van der Waals surface area contributed by atoms with Crippen LogP contribution in [-0.4, -0.2) is 6.10 Å². The van der Waals surface area contributed by atoms with E-state index in [2.05, 4.69) is 5.32 Å². The summed E-state index contributed by atoms with van der Waals surface area (Å²) in [5, 5.41) is 5.35. The van der Waals surface area contributed by atoms with E-state index in [9.17, 15) is 0 Å². The van der Waals surface area contributed by atoms with E-state index < -0.39 is 0 Å². The average molecular weight is 379 g/mol.